The van der Waals surface area contributed by atoms with Crippen LogP contribution in [0.25, 0.3) is 38.2 Å². The molecule has 17 nitrogen and oxygen atoms in total. The van der Waals surface area contributed by atoms with Crippen molar-refractivity contribution in [2.75, 3.05) is 49.5 Å². The van der Waals surface area contributed by atoms with Gasteiger partial charge in [0.1, 0.15) is 23.7 Å². The fraction of sp³-hybridized carbons (Fsp3) is 0.393. The molecule has 4 aromatic heterocycles. The first kappa shape index (κ1) is 55.7. The van der Waals surface area contributed by atoms with Crippen molar-refractivity contribution < 1.29 is 29.0 Å². The first-order valence-electron chi connectivity index (χ1n) is 27.5. The summed E-state index contributed by atoms with van der Waals surface area (Å²) < 4.78 is 18.2. The number of piperazine rings is 1. The van der Waals surface area contributed by atoms with Crippen molar-refractivity contribution in [1.29, 1.82) is 0 Å². The van der Waals surface area contributed by atoms with Gasteiger partial charge in [-0.05, 0) is 120 Å². The number of hydrogen-bond donors (Lipinski definition) is 5. The number of halogens is 1. The molecule has 1 aliphatic carbocycles. The number of carbonyl (C=O) groups is 3. The molecule has 3 atom stereocenters. The quantitative estimate of drug-likeness (QED) is 0.0529. The molecule has 0 unspecified atom stereocenters. The van der Waals surface area contributed by atoms with Gasteiger partial charge in [0.15, 0.2) is 5.82 Å². The Morgan fingerprint density at radius 2 is 1.71 bits per heavy atom. The molecule has 2 saturated heterocycles. The van der Waals surface area contributed by atoms with Crippen LogP contribution in [0.4, 0.5) is 21.7 Å². The van der Waals surface area contributed by atoms with Crippen molar-refractivity contribution in [3.8, 4) is 27.4 Å². The SMILES string of the molecule is Cc1ccsc1-c1ccc(CNC(=O)[C@@H]2C[C@@H](O)CN2C(=O)[C@@H](NC(=O)CCCCN2CCN(c3ccc(Nc4nc(-c5cccc(-n6ccc7cc(C8CC8)cc(F)c7c6=O)c5CO)cn(C)c4=O)nc3)CC2)C(C)(C)C)cc1. The summed E-state index contributed by atoms with van der Waals surface area (Å²) in [7, 11) is 1.60. The van der Waals surface area contributed by atoms with Crippen LogP contribution in [0.15, 0.2) is 112 Å². The summed E-state index contributed by atoms with van der Waals surface area (Å²) >= 11 is 1.68. The highest BCUT2D eigenvalue weighted by Crippen LogP contribution is 2.41. The van der Waals surface area contributed by atoms with Crippen LogP contribution in [0.3, 0.4) is 0 Å². The molecule has 0 bridgehead atoms. The number of nitrogens with one attached hydrogen (secondary N) is 3. The Kier molecular flexibility index (Phi) is 16.5. The maximum absolute atomic E-state index is 15.4. The number of likely N-dealkylation sites (tertiary alicyclic amines) is 1. The number of nitrogens with zero attached hydrogens (tertiary/aromatic N) is 7. The number of carbonyl (C=O) groups excluding carboxylic acids is 3. The number of pyridine rings is 2. The van der Waals surface area contributed by atoms with E-state index in [0.29, 0.717) is 46.1 Å². The molecule has 0 radical (unpaired) electrons. The number of aromatic nitrogens is 4. The van der Waals surface area contributed by atoms with Gasteiger partial charge in [0.25, 0.3) is 11.1 Å². The Balaban J connectivity index is 0.694. The molecule has 0 spiro atoms. The van der Waals surface area contributed by atoms with E-state index < -0.39 is 47.1 Å². The van der Waals surface area contributed by atoms with Crippen molar-refractivity contribution in [3.05, 3.63) is 152 Å². The zero-order valence-corrected chi connectivity index (χ0v) is 46.7. The number of hydrogen-bond acceptors (Lipinski definition) is 13. The van der Waals surface area contributed by atoms with Crippen LogP contribution < -0.4 is 32.0 Å². The number of anilines is 3. The van der Waals surface area contributed by atoms with Gasteiger partial charge in [-0.3, -0.25) is 33.4 Å². The zero-order chi connectivity index (χ0) is 56.4. The van der Waals surface area contributed by atoms with E-state index in [1.807, 2.05) is 57.2 Å². The lowest BCUT2D eigenvalue weighted by Gasteiger charge is -2.36. The summed E-state index contributed by atoms with van der Waals surface area (Å²) in [5.41, 5.74) is 5.06. The topological polar surface area (TPSA) is 207 Å². The van der Waals surface area contributed by atoms with E-state index in [-0.39, 0.29) is 54.9 Å². The average Bonchev–Trinajstić information content (AvgIpc) is 4.18. The Bertz CT molecular complexity index is 3550. The molecule has 3 amide bonds. The monoisotopic (exact) mass is 1100 g/mol. The first-order valence-corrected chi connectivity index (χ1v) is 28.4. The van der Waals surface area contributed by atoms with E-state index in [1.165, 1.54) is 30.5 Å². The normalized spacial score (nSPS) is 17.2. The molecule has 7 aromatic rings. The molecular weight excluding hydrogens is 1040 g/mol. The lowest BCUT2D eigenvalue weighted by molar-refractivity contribution is -0.144. The maximum atomic E-state index is 15.4. The van der Waals surface area contributed by atoms with Crippen molar-refractivity contribution in [2.45, 2.75) is 103 Å². The van der Waals surface area contributed by atoms with Crippen LogP contribution in [-0.4, -0.2) is 114 Å². The van der Waals surface area contributed by atoms with Crippen molar-refractivity contribution in [1.82, 2.24) is 39.5 Å². The largest absolute Gasteiger partial charge is 0.392 e. The van der Waals surface area contributed by atoms with E-state index >= 15 is 4.39 Å². The predicted octanol–water partition coefficient (Wildman–Crippen LogP) is 7.54. The van der Waals surface area contributed by atoms with E-state index in [9.17, 15) is 34.2 Å². The summed E-state index contributed by atoms with van der Waals surface area (Å²) in [6.07, 6.45) is 7.83. The minimum Gasteiger partial charge on any atom is -0.392 e. The van der Waals surface area contributed by atoms with E-state index in [0.717, 1.165) is 74.4 Å². The van der Waals surface area contributed by atoms with Gasteiger partial charge in [0, 0.05) is 87.6 Å². The molecule has 1 saturated carbocycles. The fourth-order valence-electron chi connectivity index (χ4n) is 10.9. The van der Waals surface area contributed by atoms with Gasteiger partial charge in [-0.1, -0.05) is 63.2 Å². The molecule has 80 heavy (non-hydrogen) atoms. The smallest absolute Gasteiger partial charge is 0.293 e. The van der Waals surface area contributed by atoms with Crippen LogP contribution in [0.1, 0.15) is 87.5 Å². The molecule has 19 heteroatoms. The fourth-order valence-corrected chi connectivity index (χ4v) is 11.9. The summed E-state index contributed by atoms with van der Waals surface area (Å²) in [6.45, 7) is 11.5. The molecule has 3 fully saturated rings. The number of unbranched alkanes of at least 4 members (excludes halogenated alkanes) is 1. The zero-order valence-electron chi connectivity index (χ0n) is 45.9. The molecule has 6 heterocycles. The van der Waals surface area contributed by atoms with Crippen LogP contribution >= 0.6 is 11.3 Å². The second-order valence-corrected chi connectivity index (χ2v) is 23.4. The number of benzene rings is 3. The first-order chi connectivity index (χ1) is 38.4. The van der Waals surface area contributed by atoms with E-state index in [1.54, 1.807) is 67.3 Å². The molecule has 2 aliphatic heterocycles. The highest BCUT2D eigenvalue weighted by atomic mass is 32.1. The van der Waals surface area contributed by atoms with Gasteiger partial charge in [-0.2, -0.15) is 0 Å². The third-order valence-electron chi connectivity index (χ3n) is 15.6. The summed E-state index contributed by atoms with van der Waals surface area (Å²) in [5.74, 6) is -0.797. The number of thiophene rings is 1. The second-order valence-electron chi connectivity index (χ2n) is 22.5. The number of fused-ring (bicyclic) bond motifs is 1. The van der Waals surface area contributed by atoms with Gasteiger partial charge in [-0.25, -0.2) is 14.4 Å². The van der Waals surface area contributed by atoms with Gasteiger partial charge in [0.2, 0.25) is 17.7 Å². The number of rotatable bonds is 18. The highest BCUT2D eigenvalue weighted by molar-refractivity contribution is 7.13. The molecule has 418 valence electrons. The van der Waals surface area contributed by atoms with Gasteiger partial charge < -0.3 is 40.5 Å². The number of aliphatic hydroxyl groups is 2. The van der Waals surface area contributed by atoms with Crippen molar-refractivity contribution in [3.63, 3.8) is 0 Å². The Morgan fingerprint density at radius 3 is 2.40 bits per heavy atom. The van der Waals surface area contributed by atoms with Crippen LogP contribution in [0.5, 0.6) is 0 Å². The predicted molar refractivity (Wildman–Crippen MR) is 310 cm³/mol. The van der Waals surface area contributed by atoms with Crippen LogP contribution in [0, 0.1) is 18.2 Å². The summed E-state index contributed by atoms with van der Waals surface area (Å²) in [4.78, 5) is 84.9. The molecule has 3 aliphatic rings. The van der Waals surface area contributed by atoms with Gasteiger partial charge in [0.05, 0.1) is 41.4 Å². The van der Waals surface area contributed by atoms with Crippen LogP contribution in [0.2, 0.25) is 0 Å². The summed E-state index contributed by atoms with van der Waals surface area (Å²) in [6, 6.07) is 22.3. The molecule has 3 aromatic carbocycles. The summed E-state index contributed by atoms with van der Waals surface area (Å²) in [5, 5.41) is 33.0. The van der Waals surface area contributed by atoms with Gasteiger partial charge >= 0.3 is 0 Å². The van der Waals surface area contributed by atoms with Crippen LogP contribution in [-0.2, 0) is 34.6 Å². The van der Waals surface area contributed by atoms with E-state index in [4.69, 9.17) is 0 Å². The minimum atomic E-state index is -0.894. The van der Waals surface area contributed by atoms with Gasteiger partial charge in [-0.15, -0.1) is 11.3 Å². The third kappa shape index (κ3) is 12.3. The number of aryl methyl sites for hydroxylation is 2. The molecule has 5 N–H and O–H groups in total. The lowest BCUT2D eigenvalue weighted by atomic mass is 9.85. The third-order valence-corrected chi connectivity index (χ3v) is 16.7. The highest BCUT2D eigenvalue weighted by Gasteiger charge is 2.44. The minimum absolute atomic E-state index is 0.00905. The standard InChI is InChI=1S/C61H69FN10O7S/c1-37-21-28-80-54(37)40-14-12-38(13-15-40)32-64-57(76)50-31-44(74)34-72(50)59(78)55(61(2,3)4)67-52(75)11-6-7-22-69-24-26-70(27-25-69)43-18-19-51(63-33-43)66-56-60(79)68(5)35-48(65-56)45-9-8-10-49(46(45)36-73)71-23-20-41-29-42(39-16-17-39)30-47(62)53(41)58(71)77/h8-10,12-15,18-21,23,28-30,33,35,39,44,50,55,73-74H,6-7,11,16-17,22,24-27,31-32,34,36H2,1-5H3,(H,64,76)(H,67,75)(H,63,65,66)/t44-,50+,55-/m1/s1. The number of aliphatic hydroxyl groups excluding tert-OH is 2. The van der Waals surface area contributed by atoms with E-state index in [2.05, 4.69) is 54.1 Å². The number of β-amino-alcohol motifs (C(OH)–C–C–N with tert-alkyl or cyclic N) is 1. The Morgan fingerprint density at radius 1 is 0.938 bits per heavy atom. The Hall–Kier alpha value is -7.58. The van der Waals surface area contributed by atoms with Crippen molar-refractivity contribution >= 4 is 57.2 Å². The second kappa shape index (κ2) is 23.6. The maximum Gasteiger partial charge on any atom is 0.293 e. The Labute approximate surface area is 468 Å². The lowest BCUT2D eigenvalue weighted by Crippen LogP contribution is -2.57. The number of amides is 3. The average molecular weight is 1110 g/mol. The van der Waals surface area contributed by atoms with Crippen molar-refractivity contribution in [2.24, 2.45) is 12.5 Å². The molecular formula is C61H69FN10O7S. The molecule has 10 rings (SSSR count).